The molecular formula is C26H34FN7O. The first kappa shape index (κ1) is 24.6. The van der Waals surface area contributed by atoms with Gasteiger partial charge in [0.15, 0.2) is 0 Å². The Morgan fingerprint density at radius 1 is 1.20 bits per heavy atom. The first-order valence-corrected chi connectivity index (χ1v) is 12.0. The lowest BCUT2D eigenvalue weighted by Gasteiger charge is -2.33. The van der Waals surface area contributed by atoms with Gasteiger partial charge in [0.2, 0.25) is 0 Å². The van der Waals surface area contributed by atoms with Gasteiger partial charge >= 0.3 is 0 Å². The van der Waals surface area contributed by atoms with Gasteiger partial charge in [-0.15, -0.1) is 0 Å². The number of rotatable bonds is 6. The number of anilines is 2. The van der Waals surface area contributed by atoms with Crippen molar-refractivity contribution < 1.29 is 9.18 Å². The van der Waals surface area contributed by atoms with Crippen LogP contribution in [0.1, 0.15) is 67.7 Å². The van der Waals surface area contributed by atoms with Crippen LogP contribution in [0.2, 0.25) is 0 Å². The molecule has 0 unspecified atom stereocenters. The van der Waals surface area contributed by atoms with Crippen LogP contribution in [-0.4, -0.2) is 38.5 Å². The molecule has 0 atom stereocenters. The number of hydrogen-bond acceptors (Lipinski definition) is 6. The molecule has 3 heterocycles. The lowest BCUT2D eigenvalue weighted by molar-refractivity contribution is 0.100. The number of carbonyl (C=O) groups excluding carboxylic acids is 1. The lowest BCUT2D eigenvalue weighted by Crippen LogP contribution is -2.36. The number of nitrogen functional groups attached to an aromatic ring is 1. The summed E-state index contributed by atoms with van der Waals surface area (Å²) in [5, 5.41) is 0. The van der Waals surface area contributed by atoms with Crippen LogP contribution in [-0.2, 0) is 6.54 Å². The number of nitrogens with two attached hydrogens (primary N) is 2. The van der Waals surface area contributed by atoms with Crippen molar-refractivity contribution in [3.63, 3.8) is 0 Å². The summed E-state index contributed by atoms with van der Waals surface area (Å²) in [4.78, 5) is 27.2. The number of nitrogens with zero attached hydrogens (tertiary/aromatic N) is 5. The van der Waals surface area contributed by atoms with E-state index in [0.717, 1.165) is 42.9 Å². The van der Waals surface area contributed by atoms with Gasteiger partial charge in [-0.05, 0) is 55.4 Å². The minimum atomic E-state index is -0.628. The third-order valence-corrected chi connectivity index (χ3v) is 6.63. The van der Waals surface area contributed by atoms with Crippen LogP contribution in [0.25, 0.3) is 11.3 Å². The average molecular weight is 480 g/mol. The molecule has 4 rings (SSSR count). The maximum Gasteiger partial charge on any atom is 0.256 e. The molecule has 1 amide bonds. The normalized spacial score (nSPS) is 14.9. The smallest absolute Gasteiger partial charge is 0.256 e. The predicted molar refractivity (Wildman–Crippen MR) is 136 cm³/mol. The first-order valence-electron chi connectivity index (χ1n) is 12.0. The zero-order valence-corrected chi connectivity index (χ0v) is 20.9. The highest BCUT2D eigenvalue weighted by Crippen LogP contribution is 2.34. The van der Waals surface area contributed by atoms with Gasteiger partial charge < -0.3 is 20.9 Å². The van der Waals surface area contributed by atoms with Crippen molar-refractivity contribution in [1.29, 1.82) is 0 Å². The highest BCUT2D eigenvalue weighted by molar-refractivity contribution is 6.01. The Bertz CT molecular complexity index is 1220. The van der Waals surface area contributed by atoms with E-state index in [1.807, 2.05) is 11.0 Å². The van der Waals surface area contributed by atoms with E-state index in [0.29, 0.717) is 24.5 Å². The van der Waals surface area contributed by atoms with E-state index in [1.54, 1.807) is 13.0 Å². The number of carbonyl (C=O) groups is 1. The summed E-state index contributed by atoms with van der Waals surface area (Å²) < 4.78 is 16.1. The van der Waals surface area contributed by atoms with E-state index in [-0.39, 0.29) is 28.5 Å². The second-order valence-electron chi connectivity index (χ2n) is 10.5. The van der Waals surface area contributed by atoms with Crippen LogP contribution < -0.4 is 16.4 Å². The highest BCUT2D eigenvalue weighted by Gasteiger charge is 2.29. The summed E-state index contributed by atoms with van der Waals surface area (Å²) in [6.45, 7) is 10.7. The van der Waals surface area contributed by atoms with Gasteiger partial charge in [0.25, 0.3) is 5.91 Å². The summed E-state index contributed by atoms with van der Waals surface area (Å²) in [5.74, 6) is 1.04. The van der Waals surface area contributed by atoms with Gasteiger partial charge in [0.05, 0.1) is 5.69 Å². The molecule has 35 heavy (non-hydrogen) atoms. The van der Waals surface area contributed by atoms with Crippen molar-refractivity contribution in [3.05, 3.63) is 53.5 Å². The Hall–Kier alpha value is -3.49. The summed E-state index contributed by atoms with van der Waals surface area (Å²) in [7, 11) is 0. The molecule has 4 N–H and O–H groups in total. The number of aryl methyl sites for hydroxylation is 2. The molecule has 0 radical (unpaired) electrons. The molecule has 0 bridgehead atoms. The molecule has 1 fully saturated rings. The number of hydrogen-bond donors (Lipinski definition) is 2. The number of amides is 1. The molecule has 9 heteroatoms. The SMILES string of the molecule is Cc1cc(-c2cn(CCC(C)(C)C)c(C3CCN(c4ncnc(N)c4C(N)=O)CC3)n2)ccc1F. The van der Waals surface area contributed by atoms with Crippen molar-refractivity contribution >= 4 is 17.5 Å². The van der Waals surface area contributed by atoms with Gasteiger partial charge in [0, 0.05) is 37.3 Å². The molecule has 2 aromatic heterocycles. The third-order valence-electron chi connectivity index (χ3n) is 6.63. The molecule has 8 nitrogen and oxygen atoms in total. The third kappa shape index (κ3) is 5.44. The quantitative estimate of drug-likeness (QED) is 0.545. The summed E-state index contributed by atoms with van der Waals surface area (Å²) in [6.07, 6.45) is 6.15. The zero-order chi connectivity index (χ0) is 25.3. The van der Waals surface area contributed by atoms with Crippen LogP contribution in [0.4, 0.5) is 16.0 Å². The monoisotopic (exact) mass is 479 g/mol. The fourth-order valence-corrected chi connectivity index (χ4v) is 4.55. The van der Waals surface area contributed by atoms with Gasteiger partial charge in [-0.25, -0.2) is 19.3 Å². The van der Waals surface area contributed by atoms with Crippen molar-refractivity contribution in [2.75, 3.05) is 23.7 Å². The standard InChI is InChI=1S/C26H34FN7O/c1-16-13-18(5-6-19(16)27)20-14-34(12-9-26(2,3)4)24(32-20)17-7-10-33(11-8-17)25-21(23(29)35)22(28)30-15-31-25/h5-6,13-15,17H,7-12H2,1-4H3,(H2,29,35)(H2,28,30,31). The summed E-state index contributed by atoms with van der Waals surface area (Å²) >= 11 is 0. The lowest BCUT2D eigenvalue weighted by atomic mass is 9.92. The van der Waals surface area contributed by atoms with E-state index >= 15 is 0 Å². The number of piperidine rings is 1. The van der Waals surface area contributed by atoms with Crippen LogP contribution in [0, 0.1) is 18.2 Å². The molecule has 0 spiro atoms. The highest BCUT2D eigenvalue weighted by atomic mass is 19.1. The van der Waals surface area contributed by atoms with Crippen LogP contribution in [0.3, 0.4) is 0 Å². The van der Waals surface area contributed by atoms with Crippen molar-refractivity contribution in [2.24, 2.45) is 11.1 Å². The topological polar surface area (TPSA) is 116 Å². The molecule has 186 valence electrons. The summed E-state index contributed by atoms with van der Waals surface area (Å²) in [6, 6.07) is 5.14. The fraction of sp³-hybridized carbons (Fsp3) is 0.462. The second kappa shape index (κ2) is 9.64. The predicted octanol–water partition coefficient (Wildman–Crippen LogP) is 4.29. The van der Waals surface area contributed by atoms with Crippen molar-refractivity contribution in [3.8, 4) is 11.3 Å². The molecular weight excluding hydrogens is 445 g/mol. The van der Waals surface area contributed by atoms with Crippen LogP contribution >= 0.6 is 0 Å². The van der Waals surface area contributed by atoms with E-state index < -0.39 is 5.91 Å². The Kier molecular flexibility index (Phi) is 6.78. The summed E-state index contributed by atoms with van der Waals surface area (Å²) in [5.41, 5.74) is 14.2. The van der Waals surface area contributed by atoms with E-state index in [4.69, 9.17) is 16.5 Å². The minimum Gasteiger partial charge on any atom is -0.383 e. The van der Waals surface area contributed by atoms with Crippen molar-refractivity contribution in [1.82, 2.24) is 19.5 Å². The van der Waals surface area contributed by atoms with Crippen LogP contribution in [0.5, 0.6) is 0 Å². The Labute approximate surface area is 205 Å². The fourth-order valence-electron chi connectivity index (χ4n) is 4.55. The van der Waals surface area contributed by atoms with Gasteiger partial charge in [-0.2, -0.15) is 0 Å². The first-order chi connectivity index (χ1) is 16.5. The molecule has 3 aromatic rings. The van der Waals surface area contributed by atoms with Gasteiger partial charge in [-0.1, -0.05) is 20.8 Å². The minimum absolute atomic E-state index is 0.0987. The Balaban J connectivity index is 1.59. The number of primary amides is 1. The van der Waals surface area contributed by atoms with E-state index in [2.05, 4.69) is 41.5 Å². The molecule has 0 saturated carbocycles. The number of imidazole rings is 1. The van der Waals surface area contributed by atoms with Gasteiger partial charge in [-0.3, -0.25) is 4.79 Å². The van der Waals surface area contributed by atoms with Crippen molar-refractivity contribution in [2.45, 2.75) is 59.4 Å². The van der Waals surface area contributed by atoms with E-state index in [1.165, 1.54) is 12.4 Å². The molecule has 0 aliphatic carbocycles. The van der Waals surface area contributed by atoms with Gasteiger partial charge in [0.1, 0.15) is 35.2 Å². The maximum absolute atomic E-state index is 13.8. The largest absolute Gasteiger partial charge is 0.383 e. The van der Waals surface area contributed by atoms with Crippen LogP contribution in [0.15, 0.2) is 30.7 Å². The number of halogens is 1. The molecule has 1 aromatic carbocycles. The average Bonchev–Trinajstić information content (AvgIpc) is 3.23. The molecule has 1 aliphatic rings. The Morgan fingerprint density at radius 2 is 1.91 bits per heavy atom. The Morgan fingerprint density at radius 3 is 2.54 bits per heavy atom. The zero-order valence-electron chi connectivity index (χ0n) is 20.9. The number of benzene rings is 1. The van der Waals surface area contributed by atoms with E-state index in [9.17, 15) is 9.18 Å². The molecule has 1 saturated heterocycles. The number of aromatic nitrogens is 4. The maximum atomic E-state index is 13.8. The second-order valence-corrected chi connectivity index (χ2v) is 10.5. The molecule has 1 aliphatic heterocycles.